The van der Waals surface area contributed by atoms with Gasteiger partial charge in [0.2, 0.25) is 0 Å². The van der Waals surface area contributed by atoms with Gasteiger partial charge in [0.25, 0.3) is 0 Å². The van der Waals surface area contributed by atoms with Gasteiger partial charge in [0.05, 0.1) is 6.54 Å². The van der Waals surface area contributed by atoms with Gasteiger partial charge in [0.15, 0.2) is 5.96 Å². The molecule has 2 aromatic carbocycles. The summed E-state index contributed by atoms with van der Waals surface area (Å²) in [6.45, 7) is 1.47. The standard InChI is InChI=1S/C17H19F2N3O/c1-11-6-7-14(8-12(11)2)22-17(20)21-10-13-4-3-5-15(9-13)23-16(18)19/h3-9,16H,10H2,1-2H3,(H3,20,21,22). The normalized spacial score (nSPS) is 11.6. The SMILES string of the molecule is Cc1ccc(NC(N)=NCc2cccc(OC(F)F)c2)cc1C. The van der Waals surface area contributed by atoms with Crippen LogP contribution in [-0.4, -0.2) is 12.6 Å². The predicted molar refractivity (Wildman–Crippen MR) is 87.9 cm³/mol. The molecule has 0 amide bonds. The molecular formula is C17H19F2N3O. The van der Waals surface area contributed by atoms with Gasteiger partial charge >= 0.3 is 6.61 Å². The molecule has 0 radical (unpaired) electrons. The number of alkyl halides is 2. The third-order valence-electron chi connectivity index (χ3n) is 3.33. The lowest BCUT2D eigenvalue weighted by atomic mass is 10.1. The second kappa shape index (κ2) is 7.58. The first-order chi connectivity index (χ1) is 10.9. The maximum absolute atomic E-state index is 12.2. The van der Waals surface area contributed by atoms with E-state index in [1.54, 1.807) is 12.1 Å². The zero-order chi connectivity index (χ0) is 16.8. The van der Waals surface area contributed by atoms with Gasteiger partial charge in [-0.25, -0.2) is 4.99 Å². The summed E-state index contributed by atoms with van der Waals surface area (Å²) < 4.78 is 28.7. The summed E-state index contributed by atoms with van der Waals surface area (Å²) in [6.07, 6.45) is 0. The monoisotopic (exact) mass is 319 g/mol. The fourth-order valence-corrected chi connectivity index (χ4v) is 2.00. The van der Waals surface area contributed by atoms with Gasteiger partial charge in [0.1, 0.15) is 5.75 Å². The van der Waals surface area contributed by atoms with Crippen LogP contribution < -0.4 is 15.8 Å². The molecule has 0 spiro atoms. The van der Waals surface area contributed by atoms with Crippen LogP contribution >= 0.6 is 0 Å². The minimum Gasteiger partial charge on any atom is -0.435 e. The van der Waals surface area contributed by atoms with E-state index in [-0.39, 0.29) is 18.3 Å². The molecule has 0 unspecified atom stereocenters. The van der Waals surface area contributed by atoms with E-state index in [9.17, 15) is 8.78 Å². The van der Waals surface area contributed by atoms with Crippen molar-refractivity contribution in [1.82, 2.24) is 0 Å². The van der Waals surface area contributed by atoms with E-state index in [1.807, 2.05) is 32.0 Å². The third kappa shape index (κ3) is 5.25. The number of rotatable bonds is 5. The van der Waals surface area contributed by atoms with Crippen LogP contribution in [0.4, 0.5) is 14.5 Å². The summed E-state index contributed by atoms with van der Waals surface area (Å²) in [4.78, 5) is 4.20. The highest BCUT2D eigenvalue weighted by Gasteiger charge is 2.04. The lowest BCUT2D eigenvalue weighted by Gasteiger charge is -2.09. The summed E-state index contributed by atoms with van der Waals surface area (Å²) >= 11 is 0. The first kappa shape index (κ1) is 16.7. The van der Waals surface area contributed by atoms with Gasteiger partial charge in [-0.1, -0.05) is 18.2 Å². The molecule has 122 valence electrons. The first-order valence-corrected chi connectivity index (χ1v) is 7.12. The van der Waals surface area contributed by atoms with Gasteiger partial charge in [-0.3, -0.25) is 0 Å². The largest absolute Gasteiger partial charge is 0.435 e. The number of nitrogens with one attached hydrogen (secondary N) is 1. The van der Waals surface area contributed by atoms with Crippen LogP contribution in [0, 0.1) is 13.8 Å². The summed E-state index contributed by atoms with van der Waals surface area (Å²) in [6, 6.07) is 12.3. The second-order valence-electron chi connectivity index (χ2n) is 5.15. The molecule has 0 aliphatic heterocycles. The maximum atomic E-state index is 12.2. The van der Waals surface area contributed by atoms with Crippen molar-refractivity contribution in [3.63, 3.8) is 0 Å². The molecule has 0 bridgehead atoms. The van der Waals surface area contributed by atoms with Crippen molar-refractivity contribution in [2.24, 2.45) is 10.7 Å². The Kier molecular flexibility index (Phi) is 5.51. The van der Waals surface area contributed by atoms with Crippen LogP contribution in [0.3, 0.4) is 0 Å². The van der Waals surface area contributed by atoms with E-state index >= 15 is 0 Å². The molecule has 0 aliphatic rings. The smallest absolute Gasteiger partial charge is 0.387 e. The first-order valence-electron chi connectivity index (χ1n) is 7.12. The molecule has 0 saturated heterocycles. The van der Waals surface area contributed by atoms with Crippen LogP contribution in [0.15, 0.2) is 47.5 Å². The van der Waals surface area contributed by atoms with Crippen molar-refractivity contribution < 1.29 is 13.5 Å². The number of hydrogen-bond acceptors (Lipinski definition) is 2. The highest BCUT2D eigenvalue weighted by molar-refractivity contribution is 5.92. The van der Waals surface area contributed by atoms with Gasteiger partial charge in [-0.05, 0) is 54.8 Å². The fourth-order valence-electron chi connectivity index (χ4n) is 2.00. The van der Waals surface area contributed by atoms with Gasteiger partial charge < -0.3 is 15.8 Å². The molecule has 2 rings (SSSR count). The minimum absolute atomic E-state index is 0.105. The van der Waals surface area contributed by atoms with Crippen molar-refractivity contribution in [3.05, 3.63) is 59.2 Å². The molecule has 4 nitrogen and oxygen atoms in total. The lowest BCUT2D eigenvalue weighted by molar-refractivity contribution is -0.0498. The highest BCUT2D eigenvalue weighted by Crippen LogP contribution is 2.17. The molecule has 0 aromatic heterocycles. The van der Waals surface area contributed by atoms with E-state index < -0.39 is 6.61 Å². The minimum atomic E-state index is -2.84. The van der Waals surface area contributed by atoms with Gasteiger partial charge in [-0.2, -0.15) is 8.78 Å². The van der Waals surface area contributed by atoms with E-state index in [0.717, 1.165) is 16.8 Å². The molecular weight excluding hydrogens is 300 g/mol. The van der Waals surface area contributed by atoms with E-state index in [2.05, 4.69) is 15.0 Å². The number of guanidine groups is 1. The van der Waals surface area contributed by atoms with E-state index in [4.69, 9.17) is 5.73 Å². The molecule has 0 saturated carbocycles. The Bertz CT molecular complexity index is 702. The Balaban J connectivity index is 2.00. The average Bonchev–Trinajstić information content (AvgIpc) is 2.49. The number of aliphatic imine (C=N–C) groups is 1. The van der Waals surface area contributed by atoms with E-state index in [0.29, 0.717) is 0 Å². The number of aryl methyl sites for hydroxylation is 2. The van der Waals surface area contributed by atoms with Crippen LogP contribution in [-0.2, 0) is 6.54 Å². The van der Waals surface area contributed by atoms with Crippen molar-refractivity contribution in [2.45, 2.75) is 27.0 Å². The summed E-state index contributed by atoms with van der Waals surface area (Å²) in [5, 5.41) is 3.00. The highest BCUT2D eigenvalue weighted by atomic mass is 19.3. The molecule has 3 N–H and O–H groups in total. The molecule has 0 fully saturated rings. The fraction of sp³-hybridized carbons (Fsp3) is 0.235. The van der Waals surface area contributed by atoms with Crippen molar-refractivity contribution >= 4 is 11.6 Å². The van der Waals surface area contributed by atoms with Crippen molar-refractivity contribution in [1.29, 1.82) is 0 Å². The quantitative estimate of drug-likeness (QED) is 0.650. The third-order valence-corrected chi connectivity index (χ3v) is 3.33. The molecule has 0 atom stereocenters. The lowest BCUT2D eigenvalue weighted by Crippen LogP contribution is -2.22. The zero-order valence-electron chi connectivity index (χ0n) is 13.0. The Morgan fingerprint density at radius 1 is 1.17 bits per heavy atom. The molecule has 0 aliphatic carbocycles. The number of benzene rings is 2. The number of ether oxygens (including phenoxy) is 1. The van der Waals surface area contributed by atoms with E-state index in [1.165, 1.54) is 17.7 Å². The van der Waals surface area contributed by atoms with Crippen molar-refractivity contribution in [2.75, 3.05) is 5.32 Å². The van der Waals surface area contributed by atoms with Crippen molar-refractivity contribution in [3.8, 4) is 5.75 Å². The summed E-state index contributed by atoms with van der Waals surface area (Å²) in [7, 11) is 0. The zero-order valence-corrected chi connectivity index (χ0v) is 13.0. The Morgan fingerprint density at radius 2 is 1.96 bits per heavy atom. The predicted octanol–water partition coefficient (Wildman–Crippen LogP) is 3.83. The molecule has 0 heterocycles. The van der Waals surface area contributed by atoms with Crippen LogP contribution in [0.5, 0.6) is 5.75 Å². The summed E-state index contributed by atoms with van der Waals surface area (Å²) in [5.74, 6) is 0.363. The van der Waals surface area contributed by atoms with Gasteiger partial charge in [-0.15, -0.1) is 0 Å². The molecule has 2 aromatic rings. The topological polar surface area (TPSA) is 59.6 Å². The summed E-state index contributed by atoms with van der Waals surface area (Å²) in [5.41, 5.74) is 9.78. The Hall–Kier alpha value is -2.63. The number of hydrogen-bond donors (Lipinski definition) is 2. The number of anilines is 1. The Labute approximate surface area is 134 Å². The second-order valence-corrected chi connectivity index (χ2v) is 5.15. The van der Waals surface area contributed by atoms with Crippen LogP contribution in [0.25, 0.3) is 0 Å². The van der Waals surface area contributed by atoms with Crippen LogP contribution in [0.1, 0.15) is 16.7 Å². The Morgan fingerprint density at radius 3 is 2.65 bits per heavy atom. The van der Waals surface area contributed by atoms with Gasteiger partial charge in [0, 0.05) is 5.69 Å². The number of nitrogens with two attached hydrogens (primary N) is 1. The number of halogens is 2. The molecule has 23 heavy (non-hydrogen) atoms. The van der Waals surface area contributed by atoms with Crippen LogP contribution in [0.2, 0.25) is 0 Å². The number of nitrogens with zero attached hydrogens (tertiary/aromatic N) is 1. The maximum Gasteiger partial charge on any atom is 0.387 e. The molecule has 6 heteroatoms. The average molecular weight is 319 g/mol.